The van der Waals surface area contributed by atoms with E-state index >= 15 is 0 Å². The highest BCUT2D eigenvalue weighted by Gasteiger charge is 2.30. The van der Waals surface area contributed by atoms with Crippen molar-refractivity contribution in [2.75, 3.05) is 20.1 Å². The fraction of sp³-hybridized carbons (Fsp3) is 0.474. The number of carbonyl (C=O) groups is 1. The molecule has 2 aromatic rings. The van der Waals surface area contributed by atoms with Gasteiger partial charge >= 0.3 is 0 Å². The molecule has 2 heterocycles. The molecule has 0 radical (unpaired) electrons. The number of benzene rings is 1. The summed E-state index contributed by atoms with van der Waals surface area (Å²) in [6.07, 6.45) is 0.990. The highest BCUT2D eigenvalue weighted by molar-refractivity contribution is 5.92. The molecule has 1 saturated heterocycles. The monoisotopic (exact) mass is 327 g/mol. The lowest BCUT2D eigenvalue weighted by molar-refractivity contribution is 0.0724. The summed E-state index contributed by atoms with van der Waals surface area (Å²) in [7, 11) is 1.86. The second-order valence-corrected chi connectivity index (χ2v) is 6.85. The van der Waals surface area contributed by atoms with Crippen LogP contribution in [0.2, 0.25) is 0 Å². The maximum absolute atomic E-state index is 12.6. The number of carbonyl (C=O) groups excluding carboxylic acids is 1. The molecule has 1 amide bonds. The Hall–Kier alpha value is -2.14. The first-order valence-electron chi connectivity index (χ1n) is 8.54. The van der Waals surface area contributed by atoms with E-state index in [1.54, 1.807) is 6.07 Å². The highest BCUT2D eigenvalue weighted by atomic mass is 16.5. The van der Waals surface area contributed by atoms with Crippen LogP contribution in [0.4, 0.5) is 0 Å². The van der Waals surface area contributed by atoms with Gasteiger partial charge in [-0.15, -0.1) is 0 Å². The van der Waals surface area contributed by atoms with Gasteiger partial charge in [0, 0.05) is 44.7 Å². The SMILES string of the molecule is CC(C)c1cc(C(=O)N(C)[C@H]2CCN(Cc3ccccc3)C2)no1. The normalized spacial score (nSPS) is 18.2. The molecule has 5 heteroatoms. The van der Waals surface area contributed by atoms with Crippen LogP contribution in [0.25, 0.3) is 0 Å². The Morgan fingerprint density at radius 1 is 1.38 bits per heavy atom. The second kappa shape index (κ2) is 7.18. The van der Waals surface area contributed by atoms with E-state index in [4.69, 9.17) is 4.52 Å². The van der Waals surface area contributed by atoms with Gasteiger partial charge in [0.15, 0.2) is 5.69 Å². The van der Waals surface area contributed by atoms with E-state index in [2.05, 4.69) is 34.3 Å². The average Bonchev–Trinajstić information content (AvgIpc) is 3.24. The summed E-state index contributed by atoms with van der Waals surface area (Å²) in [4.78, 5) is 16.8. The first-order valence-corrected chi connectivity index (χ1v) is 8.54. The van der Waals surface area contributed by atoms with Crippen LogP contribution in [-0.4, -0.2) is 47.0 Å². The molecule has 1 atom stereocenters. The fourth-order valence-corrected chi connectivity index (χ4v) is 3.12. The molecule has 0 bridgehead atoms. The second-order valence-electron chi connectivity index (χ2n) is 6.85. The summed E-state index contributed by atoms with van der Waals surface area (Å²) >= 11 is 0. The number of hydrogen-bond donors (Lipinski definition) is 0. The first kappa shape index (κ1) is 16.7. The number of likely N-dealkylation sites (N-methyl/N-ethyl adjacent to an activating group) is 1. The van der Waals surface area contributed by atoms with Crippen LogP contribution in [0.5, 0.6) is 0 Å². The van der Waals surface area contributed by atoms with Crippen LogP contribution in [0, 0.1) is 0 Å². The molecule has 128 valence electrons. The summed E-state index contributed by atoms with van der Waals surface area (Å²) in [5, 5.41) is 3.94. The third kappa shape index (κ3) is 3.67. The molecule has 0 N–H and O–H groups in total. The zero-order valence-corrected chi connectivity index (χ0v) is 14.6. The van der Waals surface area contributed by atoms with Crippen molar-refractivity contribution < 1.29 is 9.32 Å². The molecule has 0 unspecified atom stereocenters. The topological polar surface area (TPSA) is 49.6 Å². The van der Waals surface area contributed by atoms with E-state index in [1.165, 1.54) is 5.56 Å². The number of hydrogen-bond acceptors (Lipinski definition) is 4. The van der Waals surface area contributed by atoms with Crippen molar-refractivity contribution in [1.82, 2.24) is 15.0 Å². The Morgan fingerprint density at radius 2 is 2.12 bits per heavy atom. The van der Waals surface area contributed by atoms with Gasteiger partial charge in [-0.25, -0.2) is 0 Å². The fourth-order valence-electron chi connectivity index (χ4n) is 3.12. The average molecular weight is 327 g/mol. The molecule has 1 aliphatic rings. The van der Waals surface area contributed by atoms with E-state index in [-0.39, 0.29) is 17.9 Å². The smallest absolute Gasteiger partial charge is 0.276 e. The Kier molecular flexibility index (Phi) is 5.00. The van der Waals surface area contributed by atoms with Gasteiger partial charge in [-0.2, -0.15) is 0 Å². The van der Waals surface area contributed by atoms with Crippen LogP contribution in [0.15, 0.2) is 40.9 Å². The third-order valence-electron chi connectivity index (χ3n) is 4.68. The van der Waals surface area contributed by atoms with E-state index < -0.39 is 0 Å². The zero-order valence-electron chi connectivity index (χ0n) is 14.6. The predicted molar refractivity (Wildman–Crippen MR) is 92.8 cm³/mol. The predicted octanol–water partition coefficient (Wildman–Crippen LogP) is 3.14. The Labute approximate surface area is 143 Å². The minimum atomic E-state index is -0.0581. The van der Waals surface area contributed by atoms with E-state index in [9.17, 15) is 4.79 Å². The number of nitrogens with zero attached hydrogens (tertiary/aromatic N) is 3. The molecule has 3 rings (SSSR count). The van der Waals surface area contributed by atoms with Gasteiger partial charge in [-0.3, -0.25) is 9.69 Å². The van der Waals surface area contributed by atoms with Crippen LogP contribution >= 0.6 is 0 Å². The Morgan fingerprint density at radius 3 is 2.79 bits per heavy atom. The molecule has 5 nitrogen and oxygen atoms in total. The standard InChI is InChI=1S/C19H25N3O2/c1-14(2)18-11-17(20-24-18)19(23)21(3)16-9-10-22(13-16)12-15-7-5-4-6-8-15/h4-8,11,14,16H,9-10,12-13H2,1-3H3/t16-/m0/s1. The van der Waals surface area contributed by atoms with Crippen molar-refractivity contribution >= 4 is 5.91 Å². The van der Waals surface area contributed by atoms with Crippen molar-refractivity contribution in [3.05, 3.63) is 53.4 Å². The Balaban J connectivity index is 1.59. The van der Waals surface area contributed by atoms with Gasteiger partial charge in [0.1, 0.15) is 5.76 Å². The molecular formula is C19H25N3O2. The molecule has 0 spiro atoms. The van der Waals surface area contributed by atoms with Gasteiger partial charge in [0.05, 0.1) is 0 Å². The van der Waals surface area contributed by atoms with Crippen LogP contribution < -0.4 is 0 Å². The highest BCUT2D eigenvalue weighted by Crippen LogP contribution is 2.20. The summed E-state index contributed by atoms with van der Waals surface area (Å²) < 4.78 is 5.25. The van der Waals surface area contributed by atoms with Crippen molar-refractivity contribution in [3.8, 4) is 0 Å². The summed E-state index contributed by atoms with van der Waals surface area (Å²) in [5.41, 5.74) is 1.72. The lowest BCUT2D eigenvalue weighted by atomic mass is 10.1. The maximum Gasteiger partial charge on any atom is 0.276 e. The Bertz CT molecular complexity index is 681. The molecule has 1 aliphatic heterocycles. The molecular weight excluding hydrogens is 302 g/mol. The minimum absolute atomic E-state index is 0.0581. The molecule has 24 heavy (non-hydrogen) atoms. The quantitative estimate of drug-likeness (QED) is 0.846. The molecule has 1 aromatic carbocycles. The van der Waals surface area contributed by atoms with Gasteiger partial charge in [-0.1, -0.05) is 49.3 Å². The first-order chi connectivity index (χ1) is 11.5. The summed E-state index contributed by atoms with van der Waals surface area (Å²) in [6, 6.07) is 12.4. The maximum atomic E-state index is 12.6. The van der Waals surface area contributed by atoms with Crippen molar-refractivity contribution in [2.45, 2.75) is 38.8 Å². The molecule has 1 fully saturated rings. The number of likely N-dealkylation sites (tertiary alicyclic amines) is 1. The summed E-state index contributed by atoms with van der Waals surface area (Å²) in [5.74, 6) is 0.929. The molecule has 1 aromatic heterocycles. The van der Waals surface area contributed by atoms with Crippen LogP contribution in [0.1, 0.15) is 48.0 Å². The number of aromatic nitrogens is 1. The van der Waals surface area contributed by atoms with Gasteiger partial charge in [0.2, 0.25) is 0 Å². The van der Waals surface area contributed by atoms with E-state index in [1.807, 2.05) is 31.9 Å². The number of rotatable bonds is 5. The molecule has 0 saturated carbocycles. The third-order valence-corrected chi connectivity index (χ3v) is 4.68. The van der Waals surface area contributed by atoms with Crippen molar-refractivity contribution in [2.24, 2.45) is 0 Å². The van der Waals surface area contributed by atoms with Crippen molar-refractivity contribution in [1.29, 1.82) is 0 Å². The number of amides is 1. The zero-order chi connectivity index (χ0) is 17.1. The molecule has 0 aliphatic carbocycles. The lowest BCUT2D eigenvalue weighted by Gasteiger charge is -2.24. The van der Waals surface area contributed by atoms with Gasteiger partial charge < -0.3 is 9.42 Å². The largest absolute Gasteiger partial charge is 0.360 e. The van der Waals surface area contributed by atoms with Crippen LogP contribution in [0.3, 0.4) is 0 Å². The minimum Gasteiger partial charge on any atom is -0.360 e. The van der Waals surface area contributed by atoms with Crippen molar-refractivity contribution in [3.63, 3.8) is 0 Å². The lowest BCUT2D eigenvalue weighted by Crippen LogP contribution is -2.39. The van der Waals surface area contributed by atoms with E-state index in [0.717, 1.165) is 31.8 Å². The van der Waals surface area contributed by atoms with Gasteiger partial charge in [0.25, 0.3) is 5.91 Å². The summed E-state index contributed by atoms with van der Waals surface area (Å²) in [6.45, 7) is 6.88. The van der Waals surface area contributed by atoms with Crippen LogP contribution in [-0.2, 0) is 6.54 Å². The van der Waals surface area contributed by atoms with Gasteiger partial charge in [-0.05, 0) is 12.0 Å². The van der Waals surface area contributed by atoms with E-state index in [0.29, 0.717) is 5.69 Å².